The lowest BCUT2D eigenvalue weighted by Gasteiger charge is -2.21. The summed E-state index contributed by atoms with van der Waals surface area (Å²) >= 11 is 0. The van der Waals surface area contributed by atoms with Gasteiger partial charge in [-0.15, -0.1) is 0 Å². The molecule has 0 spiro atoms. The van der Waals surface area contributed by atoms with Gasteiger partial charge in [-0.3, -0.25) is 0 Å². The Labute approximate surface area is 83.1 Å². The fourth-order valence-electron chi connectivity index (χ4n) is 1.36. The van der Waals surface area contributed by atoms with Gasteiger partial charge in [-0.1, -0.05) is 18.7 Å². The van der Waals surface area contributed by atoms with E-state index in [4.69, 9.17) is 4.74 Å². The van der Waals surface area contributed by atoms with Crippen LogP contribution in [0.3, 0.4) is 0 Å². The van der Waals surface area contributed by atoms with Gasteiger partial charge in [0.05, 0.1) is 5.69 Å². The van der Waals surface area contributed by atoms with E-state index < -0.39 is 0 Å². The van der Waals surface area contributed by atoms with E-state index in [-0.39, 0.29) is 0 Å². The molecule has 0 unspecified atom stereocenters. The predicted molar refractivity (Wildman–Crippen MR) is 58.2 cm³/mol. The summed E-state index contributed by atoms with van der Waals surface area (Å²) in [5.41, 5.74) is 1.98. The van der Waals surface area contributed by atoms with E-state index in [1.54, 1.807) is 0 Å². The number of ether oxygens (including phenoxy) is 1. The number of para-hydroxylation sites is 1. The van der Waals surface area contributed by atoms with E-state index >= 15 is 0 Å². The third-order valence-electron chi connectivity index (χ3n) is 1.99. The van der Waals surface area contributed by atoms with Crippen molar-refractivity contribution in [2.75, 3.05) is 11.9 Å². The molecule has 1 N–H and O–H groups in total. The minimum Gasteiger partial charge on any atom is -0.426 e. The molecule has 1 aromatic rings. The van der Waals surface area contributed by atoms with Gasteiger partial charge >= 0.3 is 0 Å². The summed E-state index contributed by atoms with van der Waals surface area (Å²) in [6.45, 7) is 6.50. The number of rotatable bonds is 1. The minimum atomic E-state index is 0.524. The van der Waals surface area contributed by atoms with Gasteiger partial charge in [0.25, 0.3) is 6.02 Å². The first-order chi connectivity index (χ1) is 6.81. The molecule has 1 aliphatic heterocycles. The molecule has 1 aromatic carbocycles. The summed E-state index contributed by atoms with van der Waals surface area (Å²) in [5.74, 6) is 0.645. The molecule has 0 amide bonds. The first-order valence-corrected chi connectivity index (χ1v) is 4.59. The van der Waals surface area contributed by atoms with Crippen molar-refractivity contribution in [2.24, 2.45) is 4.99 Å². The Kier molecular flexibility index (Phi) is 2.23. The van der Waals surface area contributed by atoms with Crippen molar-refractivity contribution < 1.29 is 4.74 Å². The molecule has 3 nitrogen and oxygen atoms in total. The highest BCUT2D eigenvalue weighted by Gasteiger charge is 2.16. The van der Waals surface area contributed by atoms with Crippen LogP contribution in [0.25, 0.3) is 5.76 Å². The summed E-state index contributed by atoms with van der Waals surface area (Å²) in [6, 6.07) is 8.39. The number of hydrogen-bond acceptors (Lipinski definition) is 2. The van der Waals surface area contributed by atoms with Crippen molar-refractivity contribution in [3.8, 4) is 0 Å². The van der Waals surface area contributed by atoms with Crippen molar-refractivity contribution in [3.63, 3.8) is 0 Å². The van der Waals surface area contributed by atoms with Crippen LogP contribution >= 0.6 is 0 Å². The van der Waals surface area contributed by atoms with Crippen molar-refractivity contribution >= 4 is 17.5 Å². The standard InChI is InChI=1S/C11H12N2O/c1-3-12-11-13-10-7-5-4-6-9(10)8(2)14-11/h4-7H,2-3H2,1H3,(H,12,13). The summed E-state index contributed by atoms with van der Waals surface area (Å²) in [7, 11) is 0. The number of anilines is 1. The van der Waals surface area contributed by atoms with E-state index in [0.29, 0.717) is 18.3 Å². The maximum absolute atomic E-state index is 5.40. The first-order valence-electron chi connectivity index (χ1n) is 4.59. The molecule has 3 heteroatoms. The van der Waals surface area contributed by atoms with E-state index in [9.17, 15) is 0 Å². The molecule has 0 radical (unpaired) electrons. The van der Waals surface area contributed by atoms with Crippen molar-refractivity contribution in [3.05, 3.63) is 36.4 Å². The molecule has 1 heterocycles. The quantitative estimate of drug-likeness (QED) is 0.734. The monoisotopic (exact) mass is 188 g/mol. The highest BCUT2D eigenvalue weighted by atomic mass is 16.5. The Bertz CT molecular complexity index is 396. The molecule has 0 bridgehead atoms. The van der Waals surface area contributed by atoms with Crippen LogP contribution in [-0.2, 0) is 4.74 Å². The van der Waals surface area contributed by atoms with Crippen molar-refractivity contribution in [2.45, 2.75) is 6.92 Å². The van der Waals surface area contributed by atoms with Gasteiger partial charge in [0.15, 0.2) is 0 Å². The van der Waals surface area contributed by atoms with Crippen LogP contribution in [0.4, 0.5) is 5.69 Å². The lowest BCUT2D eigenvalue weighted by molar-refractivity contribution is 0.498. The second-order valence-corrected chi connectivity index (χ2v) is 2.98. The minimum absolute atomic E-state index is 0.524. The summed E-state index contributed by atoms with van der Waals surface area (Å²) < 4.78 is 5.40. The normalized spacial score (nSPS) is 17.2. The highest BCUT2D eigenvalue weighted by Crippen LogP contribution is 2.27. The van der Waals surface area contributed by atoms with Crippen LogP contribution in [0.15, 0.2) is 35.8 Å². The number of amidine groups is 1. The van der Waals surface area contributed by atoms with Crippen LogP contribution in [0.5, 0.6) is 0 Å². The molecule has 0 saturated carbocycles. The van der Waals surface area contributed by atoms with Crippen molar-refractivity contribution in [1.29, 1.82) is 0 Å². The first kappa shape index (κ1) is 8.81. The molecular formula is C11H12N2O. The summed E-state index contributed by atoms with van der Waals surface area (Å²) in [6.07, 6.45) is 0. The lowest BCUT2D eigenvalue weighted by Crippen LogP contribution is -2.21. The average molecular weight is 188 g/mol. The lowest BCUT2D eigenvalue weighted by atomic mass is 10.1. The summed E-state index contributed by atoms with van der Waals surface area (Å²) in [5, 5.41) is 3.10. The van der Waals surface area contributed by atoms with Gasteiger partial charge in [-0.05, 0) is 19.1 Å². The van der Waals surface area contributed by atoms with Gasteiger partial charge in [-0.25, -0.2) is 4.99 Å². The highest BCUT2D eigenvalue weighted by molar-refractivity contribution is 5.99. The molecule has 0 saturated heterocycles. The molecule has 14 heavy (non-hydrogen) atoms. The van der Waals surface area contributed by atoms with E-state index in [2.05, 4.69) is 16.9 Å². The van der Waals surface area contributed by atoms with Gasteiger partial charge in [0.2, 0.25) is 0 Å². The smallest absolute Gasteiger partial charge is 0.294 e. The SMILES string of the molecule is C=C1OC(=NCC)Nc2ccccc21. The van der Waals surface area contributed by atoms with Gasteiger partial charge in [-0.2, -0.15) is 0 Å². The Balaban J connectivity index is 2.38. The Hall–Kier alpha value is -1.77. The Morgan fingerprint density at radius 2 is 2.21 bits per heavy atom. The average Bonchev–Trinajstić information content (AvgIpc) is 2.18. The van der Waals surface area contributed by atoms with E-state index in [1.165, 1.54) is 0 Å². The van der Waals surface area contributed by atoms with Gasteiger partial charge in [0.1, 0.15) is 5.76 Å². The Morgan fingerprint density at radius 1 is 1.43 bits per heavy atom. The Morgan fingerprint density at radius 3 is 3.00 bits per heavy atom. The van der Waals surface area contributed by atoms with E-state index in [1.807, 2.05) is 31.2 Å². The third-order valence-corrected chi connectivity index (χ3v) is 1.99. The zero-order chi connectivity index (χ0) is 9.97. The molecule has 0 aromatic heterocycles. The van der Waals surface area contributed by atoms with Crippen LogP contribution in [0.2, 0.25) is 0 Å². The number of aliphatic imine (C=N–C) groups is 1. The molecule has 72 valence electrons. The summed E-state index contributed by atoms with van der Waals surface area (Å²) in [4.78, 5) is 4.16. The molecule has 1 aliphatic rings. The maximum atomic E-state index is 5.40. The van der Waals surface area contributed by atoms with Crippen LogP contribution in [0, 0.1) is 0 Å². The largest absolute Gasteiger partial charge is 0.426 e. The number of benzene rings is 1. The van der Waals surface area contributed by atoms with Crippen LogP contribution < -0.4 is 5.32 Å². The van der Waals surface area contributed by atoms with Crippen LogP contribution in [0.1, 0.15) is 12.5 Å². The fraction of sp³-hybridized carbons (Fsp3) is 0.182. The fourth-order valence-corrected chi connectivity index (χ4v) is 1.36. The van der Waals surface area contributed by atoms with E-state index in [0.717, 1.165) is 11.3 Å². The number of hydrogen-bond donors (Lipinski definition) is 1. The second kappa shape index (κ2) is 3.54. The molecule has 0 atom stereocenters. The van der Waals surface area contributed by atoms with Gasteiger partial charge in [0, 0.05) is 12.1 Å². The molecular weight excluding hydrogens is 176 g/mol. The number of nitrogens with one attached hydrogen (secondary N) is 1. The third kappa shape index (κ3) is 1.48. The zero-order valence-electron chi connectivity index (χ0n) is 8.08. The molecule has 0 aliphatic carbocycles. The van der Waals surface area contributed by atoms with Gasteiger partial charge < -0.3 is 10.1 Å². The zero-order valence-corrected chi connectivity index (χ0v) is 8.08. The molecule has 2 rings (SSSR count). The number of fused-ring (bicyclic) bond motifs is 1. The topological polar surface area (TPSA) is 33.6 Å². The molecule has 0 fully saturated rings. The number of nitrogens with zero attached hydrogens (tertiary/aromatic N) is 1. The maximum Gasteiger partial charge on any atom is 0.294 e. The predicted octanol–water partition coefficient (Wildman–Crippen LogP) is 2.48. The second-order valence-electron chi connectivity index (χ2n) is 2.98. The van der Waals surface area contributed by atoms with Crippen LogP contribution in [-0.4, -0.2) is 12.6 Å². The van der Waals surface area contributed by atoms with Crippen molar-refractivity contribution in [1.82, 2.24) is 0 Å².